The zero-order valence-corrected chi connectivity index (χ0v) is 17.0. The summed E-state index contributed by atoms with van der Waals surface area (Å²) in [7, 11) is 1.75. The van der Waals surface area contributed by atoms with Crippen LogP contribution < -0.4 is 5.56 Å². The second-order valence-corrected chi connectivity index (χ2v) is 8.17. The van der Waals surface area contributed by atoms with Crippen LogP contribution in [0.4, 0.5) is 0 Å². The minimum atomic E-state index is -0.267. The Bertz CT molecular complexity index is 905. The van der Waals surface area contributed by atoms with E-state index in [4.69, 9.17) is 9.26 Å². The van der Waals surface area contributed by atoms with Gasteiger partial charge in [-0.15, -0.1) is 0 Å². The summed E-state index contributed by atoms with van der Waals surface area (Å²) in [6.07, 6.45) is 5.68. The summed E-state index contributed by atoms with van der Waals surface area (Å²) in [6, 6.07) is 3.34. The molecule has 1 amide bonds. The number of aromatic nitrogens is 3. The molecule has 8 heteroatoms. The number of amides is 1. The van der Waals surface area contributed by atoms with E-state index in [1.54, 1.807) is 7.11 Å². The van der Waals surface area contributed by atoms with Crippen molar-refractivity contribution in [2.24, 2.45) is 5.92 Å². The highest BCUT2D eigenvalue weighted by Gasteiger charge is 2.33. The van der Waals surface area contributed by atoms with Gasteiger partial charge in [0.15, 0.2) is 5.76 Å². The van der Waals surface area contributed by atoms with Gasteiger partial charge in [0.25, 0.3) is 5.56 Å². The number of carbonyl (C=O) groups is 1. The van der Waals surface area contributed by atoms with Crippen LogP contribution in [-0.2, 0) is 9.53 Å². The molecule has 2 fully saturated rings. The first-order chi connectivity index (χ1) is 14.0. The maximum atomic E-state index is 12.9. The molecule has 29 heavy (non-hydrogen) atoms. The largest absolute Gasteiger partial charge is 0.381 e. The molecule has 1 aliphatic carbocycles. The molecule has 1 saturated carbocycles. The predicted molar refractivity (Wildman–Crippen MR) is 106 cm³/mol. The summed E-state index contributed by atoms with van der Waals surface area (Å²) in [5.41, 5.74) is 2.00. The number of ether oxygens (including phenoxy) is 1. The summed E-state index contributed by atoms with van der Waals surface area (Å²) in [5, 5.41) is 10.8. The van der Waals surface area contributed by atoms with Crippen molar-refractivity contribution in [3.8, 4) is 11.3 Å². The van der Waals surface area contributed by atoms with Crippen LogP contribution in [0.2, 0.25) is 0 Å². The molecule has 3 heterocycles. The van der Waals surface area contributed by atoms with Gasteiger partial charge in [0.2, 0.25) is 5.91 Å². The second kappa shape index (κ2) is 8.49. The number of aryl methyl sites for hydroxylation is 1. The third-order valence-corrected chi connectivity index (χ3v) is 6.28. The summed E-state index contributed by atoms with van der Waals surface area (Å²) in [4.78, 5) is 26.7. The van der Waals surface area contributed by atoms with Crippen LogP contribution in [0.15, 0.2) is 21.5 Å². The molecule has 4 rings (SSSR count). The summed E-state index contributed by atoms with van der Waals surface area (Å²) < 4.78 is 10.8. The SMILES string of the molecule is COC1CCC(C(=O)N2CCC(c3n[nH]c(=O)cc3-c3cc(C)no3)CC2)CC1. The van der Waals surface area contributed by atoms with Crippen molar-refractivity contribution in [3.05, 3.63) is 33.9 Å². The van der Waals surface area contributed by atoms with Crippen LogP contribution in [0.3, 0.4) is 0 Å². The van der Waals surface area contributed by atoms with Crippen LogP contribution in [0.5, 0.6) is 0 Å². The van der Waals surface area contributed by atoms with Crippen molar-refractivity contribution in [1.29, 1.82) is 0 Å². The number of rotatable bonds is 4. The Labute approximate surface area is 169 Å². The van der Waals surface area contributed by atoms with Crippen molar-refractivity contribution in [3.63, 3.8) is 0 Å². The summed E-state index contributed by atoms with van der Waals surface area (Å²) in [5.74, 6) is 1.13. The molecule has 2 aliphatic rings. The van der Waals surface area contributed by atoms with Crippen molar-refractivity contribution >= 4 is 5.91 Å². The van der Waals surface area contributed by atoms with E-state index in [2.05, 4.69) is 15.4 Å². The normalized spacial score (nSPS) is 23.3. The maximum absolute atomic E-state index is 12.9. The Hall–Kier alpha value is -2.48. The molecular weight excluding hydrogens is 372 g/mol. The van der Waals surface area contributed by atoms with Gasteiger partial charge < -0.3 is 14.2 Å². The second-order valence-electron chi connectivity index (χ2n) is 8.17. The van der Waals surface area contributed by atoms with E-state index in [-0.39, 0.29) is 23.3 Å². The van der Waals surface area contributed by atoms with Gasteiger partial charge in [-0.05, 0) is 45.4 Å². The van der Waals surface area contributed by atoms with E-state index >= 15 is 0 Å². The van der Waals surface area contributed by atoms with Crippen molar-refractivity contribution in [1.82, 2.24) is 20.3 Å². The molecule has 8 nitrogen and oxygen atoms in total. The van der Waals surface area contributed by atoms with E-state index in [1.807, 2.05) is 17.9 Å². The van der Waals surface area contributed by atoms with Gasteiger partial charge in [0.05, 0.1) is 17.5 Å². The fraction of sp³-hybridized carbons (Fsp3) is 0.619. The molecule has 0 unspecified atom stereocenters. The van der Waals surface area contributed by atoms with Crippen molar-refractivity contribution in [2.45, 2.75) is 57.5 Å². The van der Waals surface area contributed by atoms with Crippen LogP contribution in [-0.4, -0.2) is 52.5 Å². The Morgan fingerprint density at radius 3 is 2.52 bits per heavy atom. The third kappa shape index (κ3) is 4.27. The third-order valence-electron chi connectivity index (χ3n) is 6.28. The van der Waals surface area contributed by atoms with Crippen LogP contribution in [0.1, 0.15) is 55.8 Å². The zero-order valence-electron chi connectivity index (χ0n) is 17.0. The van der Waals surface area contributed by atoms with Gasteiger partial charge >= 0.3 is 0 Å². The van der Waals surface area contributed by atoms with Crippen LogP contribution >= 0.6 is 0 Å². The molecule has 0 aromatic carbocycles. The average Bonchev–Trinajstić information content (AvgIpc) is 3.19. The average molecular weight is 400 g/mol. The van der Waals surface area contributed by atoms with Gasteiger partial charge in [-0.1, -0.05) is 5.16 Å². The highest BCUT2D eigenvalue weighted by molar-refractivity contribution is 5.79. The van der Waals surface area contributed by atoms with E-state index in [0.29, 0.717) is 30.5 Å². The van der Waals surface area contributed by atoms with Gasteiger partial charge in [-0.25, -0.2) is 5.10 Å². The lowest BCUT2D eigenvalue weighted by molar-refractivity contribution is -0.138. The first-order valence-electron chi connectivity index (χ1n) is 10.4. The summed E-state index contributed by atoms with van der Waals surface area (Å²) >= 11 is 0. The number of aromatic amines is 1. The van der Waals surface area contributed by atoms with E-state index < -0.39 is 0 Å². The predicted octanol–water partition coefficient (Wildman–Crippen LogP) is 2.64. The molecule has 156 valence electrons. The number of methoxy groups -OCH3 is 1. The van der Waals surface area contributed by atoms with Gasteiger partial charge in [-0.3, -0.25) is 9.59 Å². The maximum Gasteiger partial charge on any atom is 0.264 e. The Kier molecular flexibility index (Phi) is 5.80. The molecule has 0 radical (unpaired) electrons. The minimum absolute atomic E-state index is 0.122. The number of carbonyl (C=O) groups excluding carboxylic acids is 1. The lowest BCUT2D eigenvalue weighted by atomic mass is 9.85. The lowest BCUT2D eigenvalue weighted by Crippen LogP contribution is -2.43. The number of nitrogens with zero attached hydrogens (tertiary/aromatic N) is 3. The quantitative estimate of drug-likeness (QED) is 0.847. The van der Waals surface area contributed by atoms with Crippen molar-refractivity contribution < 1.29 is 14.1 Å². The van der Waals surface area contributed by atoms with Gasteiger partial charge in [0, 0.05) is 49.7 Å². The highest BCUT2D eigenvalue weighted by Crippen LogP contribution is 2.35. The summed E-state index contributed by atoms with van der Waals surface area (Å²) in [6.45, 7) is 3.27. The topological polar surface area (TPSA) is 101 Å². The van der Waals surface area contributed by atoms with E-state index in [0.717, 1.165) is 49.9 Å². The molecule has 1 N–H and O–H groups in total. The molecule has 2 aromatic rings. The molecule has 0 spiro atoms. The Morgan fingerprint density at radius 2 is 1.90 bits per heavy atom. The first kappa shape index (κ1) is 19.8. The van der Waals surface area contributed by atoms with Gasteiger partial charge in [0.1, 0.15) is 0 Å². The van der Waals surface area contributed by atoms with E-state index in [9.17, 15) is 9.59 Å². The minimum Gasteiger partial charge on any atom is -0.381 e. The molecular formula is C21H28N4O4. The number of nitrogens with one attached hydrogen (secondary N) is 1. The molecule has 0 atom stereocenters. The number of hydrogen-bond acceptors (Lipinski definition) is 6. The lowest BCUT2D eigenvalue weighted by Gasteiger charge is -2.36. The molecule has 2 aromatic heterocycles. The monoisotopic (exact) mass is 400 g/mol. The number of likely N-dealkylation sites (tertiary alicyclic amines) is 1. The first-order valence-corrected chi connectivity index (χ1v) is 10.4. The number of H-pyrrole nitrogens is 1. The van der Waals surface area contributed by atoms with Gasteiger partial charge in [-0.2, -0.15) is 5.10 Å². The fourth-order valence-electron chi connectivity index (χ4n) is 4.59. The highest BCUT2D eigenvalue weighted by atomic mass is 16.5. The fourth-order valence-corrected chi connectivity index (χ4v) is 4.59. The van der Waals surface area contributed by atoms with E-state index in [1.165, 1.54) is 6.07 Å². The number of hydrogen-bond donors (Lipinski definition) is 1. The number of piperidine rings is 1. The molecule has 1 saturated heterocycles. The smallest absolute Gasteiger partial charge is 0.264 e. The van der Waals surface area contributed by atoms with Crippen LogP contribution in [0.25, 0.3) is 11.3 Å². The Balaban J connectivity index is 1.43. The van der Waals surface area contributed by atoms with Crippen LogP contribution in [0, 0.1) is 12.8 Å². The van der Waals surface area contributed by atoms with Crippen molar-refractivity contribution in [2.75, 3.05) is 20.2 Å². The Morgan fingerprint density at radius 1 is 1.17 bits per heavy atom. The molecule has 0 bridgehead atoms. The standard InChI is InChI=1S/C21H28N4O4/c1-13-11-18(29-24-13)17-12-19(26)22-23-20(17)14-7-9-25(10-8-14)21(27)15-3-5-16(28-2)6-4-15/h11-12,14-16H,3-10H2,1-2H3,(H,22,26). The molecule has 1 aliphatic heterocycles. The zero-order chi connectivity index (χ0) is 20.4.